The van der Waals surface area contributed by atoms with Gasteiger partial charge >= 0.3 is 0 Å². The van der Waals surface area contributed by atoms with Gasteiger partial charge in [-0.2, -0.15) is 5.10 Å². The molecule has 0 aliphatic rings. The van der Waals surface area contributed by atoms with Gasteiger partial charge in [0.2, 0.25) is 0 Å². The lowest BCUT2D eigenvalue weighted by molar-refractivity contribution is 0.511. The molecular weight excluding hydrogens is 246 g/mol. The fourth-order valence-electron chi connectivity index (χ4n) is 2.98. The first-order valence-electron chi connectivity index (χ1n) is 8.37. The van der Waals surface area contributed by atoms with E-state index >= 15 is 0 Å². The van der Waals surface area contributed by atoms with Crippen LogP contribution < -0.4 is 5.73 Å². The van der Waals surface area contributed by atoms with Crippen LogP contribution in [0.2, 0.25) is 0 Å². The molecule has 1 rings (SSSR count). The van der Waals surface area contributed by atoms with E-state index in [-0.39, 0.29) is 6.04 Å². The van der Waals surface area contributed by atoms with Gasteiger partial charge in [0.1, 0.15) is 0 Å². The van der Waals surface area contributed by atoms with Crippen LogP contribution in [0, 0.1) is 13.8 Å². The van der Waals surface area contributed by atoms with Crippen LogP contribution in [-0.2, 0) is 6.54 Å². The third-order valence-corrected chi connectivity index (χ3v) is 4.12. The molecule has 1 unspecified atom stereocenters. The average Bonchev–Trinajstić information content (AvgIpc) is 2.67. The Morgan fingerprint density at radius 1 is 1.00 bits per heavy atom. The summed E-state index contributed by atoms with van der Waals surface area (Å²) in [6.45, 7) is 9.55. The summed E-state index contributed by atoms with van der Waals surface area (Å²) in [5.41, 5.74) is 9.58. The zero-order chi connectivity index (χ0) is 15.0. The molecule has 2 N–H and O–H groups in total. The summed E-state index contributed by atoms with van der Waals surface area (Å²) in [5.74, 6) is 0. The smallest absolute Gasteiger partial charge is 0.0644 e. The van der Waals surface area contributed by atoms with E-state index in [9.17, 15) is 0 Å². The Kier molecular flexibility index (Phi) is 7.90. The van der Waals surface area contributed by atoms with E-state index in [4.69, 9.17) is 5.73 Å². The Hall–Kier alpha value is -0.830. The van der Waals surface area contributed by atoms with Crippen LogP contribution in [-0.4, -0.2) is 9.78 Å². The largest absolute Gasteiger partial charge is 0.324 e. The number of nitrogens with zero attached hydrogens (tertiary/aromatic N) is 2. The molecule has 0 saturated heterocycles. The molecule has 0 aliphatic heterocycles. The normalized spacial score (nSPS) is 12.8. The van der Waals surface area contributed by atoms with Gasteiger partial charge in [-0.25, -0.2) is 0 Å². The van der Waals surface area contributed by atoms with Gasteiger partial charge in [0.05, 0.1) is 5.69 Å². The lowest BCUT2D eigenvalue weighted by atomic mass is 10.1. The van der Waals surface area contributed by atoms with E-state index in [2.05, 4.69) is 30.6 Å². The van der Waals surface area contributed by atoms with E-state index in [1.165, 1.54) is 62.6 Å². The van der Waals surface area contributed by atoms with E-state index in [1.54, 1.807) is 0 Å². The second-order valence-electron chi connectivity index (χ2n) is 6.07. The highest BCUT2D eigenvalue weighted by molar-refractivity contribution is 5.27. The Labute approximate surface area is 124 Å². The maximum absolute atomic E-state index is 6.01. The minimum atomic E-state index is 0.0855. The number of aryl methyl sites for hydroxylation is 2. The average molecular weight is 279 g/mol. The van der Waals surface area contributed by atoms with Crippen LogP contribution in [0.25, 0.3) is 0 Å². The van der Waals surface area contributed by atoms with Crippen LogP contribution in [0.5, 0.6) is 0 Å². The standard InChI is InChI=1S/C17H33N3/c1-5-6-7-8-9-10-11-12-13-20-16(4)17(14(2)18)15(3)19-20/h14H,5-13,18H2,1-4H3. The van der Waals surface area contributed by atoms with Crippen molar-refractivity contribution in [3.05, 3.63) is 17.0 Å². The van der Waals surface area contributed by atoms with Crippen molar-refractivity contribution in [2.24, 2.45) is 5.73 Å². The van der Waals surface area contributed by atoms with Crippen LogP contribution >= 0.6 is 0 Å². The quantitative estimate of drug-likeness (QED) is 0.633. The van der Waals surface area contributed by atoms with Crippen molar-refractivity contribution in [3.8, 4) is 0 Å². The number of unbranched alkanes of at least 4 members (excludes halogenated alkanes) is 7. The molecule has 0 saturated carbocycles. The number of nitrogens with two attached hydrogens (primary N) is 1. The Morgan fingerprint density at radius 3 is 2.05 bits per heavy atom. The van der Waals surface area contributed by atoms with Gasteiger partial charge in [0, 0.05) is 23.8 Å². The van der Waals surface area contributed by atoms with Crippen molar-refractivity contribution in [3.63, 3.8) is 0 Å². The van der Waals surface area contributed by atoms with Crippen molar-refractivity contribution >= 4 is 0 Å². The zero-order valence-corrected chi connectivity index (χ0v) is 13.9. The van der Waals surface area contributed by atoms with Gasteiger partial charge in [-0.05, 0) is 27.2 Å². The molecule has 20 heavy (non-hydrogen) atoms. The van der Waals surface area contributed by atoms with Gasteiger partial charge in [-0.1, -0.05) is 51.9 Å². The third kappa shape index (κ3) is 5.28. The Bertz CT molecular complexity index is 380. The molecule has 3 nitrogen and oxygen atoms in total. The highest BCUT2D eigenvalue weighted by Gasteiger charge is 2.14. The summed E-state index contributed by atoms with van der Waals surface area (Å²) >= 11 is 0. The summed E-state index contributed by atoms with van der Waals surface area (Å²) in [5, 5.41) is 4.63. The summed E-state index contributed by atoms with van der Waals surface area (Å²) in [6.07, 6.45) is 10.8. The molecule has 0 spiro atoms. The highest BCUT2D eigenvalue weighted by atomic mass is 15.3. The van der Waals surface area contributed by atoms with Crippen molar-refractivity contribution < 1.29 is 0 Å². The Morgan fingerprint density at radius 2 is 1.55 bits per heavy atom. The number of hydrogen-bond acceptors (Lipinski definition) is 2. The number of aromatic nitrogens is 2. The van der Waals surface area contributed by atoms with E-state index < -0.39 is 0 Å². The van der Waals surface area contributed by atoms with Crippen molar-refractivity contribution in [2.75, 3.05) is 0 Å². The van der Waals surface area contributed by atoms with Crippen molar-refractivity contribution in [1.82, 2.24) is 9.78 Å². The van der Waals surface area contributed by atoms with Crippen molar-refractivity contribution in [1.29, 1.82) is 0 Å². The lowest BCUT2D eigenvalue weighted by Gasteiger charge is -2.07. The van der Waals surface area contributed by atoms with Crippen molar-refractivity contribution in [2.45, 2.75) is 91.6 Å². The molecule has 0 aliphatic carbocycles. The molecule has 1 atom stereocenters. The minimum absolute atomic E-state index is 0.0855. The number of hydrogen-bond donors (Lipinski definition) is 1. The minimum Gasteiger partial charge on any atom is -0.324 e. The van der Waals surface area contributed by atoms with Crippen LogP contribution in [0.4, 0.5) is 0 Å². The molecule has 0 aromatic carbocycles. The Balaban J connectivity index is 2.24. The molecule has 1 heterocycles. The van der Waals surface area contributed by atoms with Gasteiger partial charge < -0.3 is 5.73 Å². The highest BCUT2D eigenvalue weighted by Crippen LogP contribution is 2.20. The molecule has 0 amide bonds. The fraction of sp³-hybridized carbons (Fsp3) is 0.824. The monoisotopic (exact) mass is 279 g/mol. The maximum atomic E-state index is 6.01. The second-order valence-corrected chi connectivity index (χ2v) is 6.07. The molecular formula is C17H33N3. The van der Waals surface area contributed by atoms with Gasteiger partial charge in [-0.15, -0.1) is 0 Å². The molecule has 1 aromatic heterocycles. The zero-order valence-electron chi connectivity index (χ0n) is 13.9. The first-order chi connectivity index (χ1) is 9.57. The number of rotatable bonds is 10. The summed E-state index contributed by atoms with van der Waals surface area (Å²) < 4.78 is 2.14. The molecule has 0 fully saturated rings. The van der Waals surface area contributed by atoms with Gasteiger partial charge in [0.25, 0.3) is 0 Å². The predicted molar refractivity (Wildman–Crippen MR) is 86.9 cm³/mol. The molecule has 0 radical (unpaired) electrons. The fourth-order valence-corrected chi connectivity index (χ4v) is 2.98. The SMILES string of the molecule is CCCCCCCCCCn1nc(C)c(C(C)N)c1C. The van der Waals surface area contributed by atoms with Gasteiger partial charge in [-0.3, -0.25) is 4.68 Å². The lowest BCUT2D eigenvalue weighted by Crippen LogP contribution is -2.08. The second kappa shape index (κ2) is 9.17. The van der Waals surface area contributed by atoms with Crippen LogP contribution in [0.3, 0.4) is 0 Å². The molecule has 0 bridgehead atoms. The topological polar surface area (TPSA) is 43.8 Å². The maximum Gasteiger partial charge on any atom is 0.0644 e. The van der Waals surface area contributed by atoms with E-state index in [0.717, 1.165) is 12.2 Å². The van der Waals surface area contributed by atoms with E-state index in [1.807, 2.05) is 6.92 Å². The summed E-state index contributed by atoms with van der Waals surface area (Å²) in [7, 11) is 0. The first-order valence-corrected chi connectivity index (χ1v) is 8.37. The van der Waals surface area contributed by atoms with Gasteiger partial charge in [0.15, 0.2) is 0 Å². The molecule has 3 heteroatoms. The first kappa shape index (κ1) is 17.2. The van der Waals surface area contributed by atoms with E-state index in [0.29, 0.717) is 0 Å². The van der Waals surface area contributed by atoms with Crippen LogP contribution in [0.1, 0.15) is 88.2 Å². The molecule has 1 aromatic rings. The third-order valence-electron chi connectivity index (χ3n) is 4.12. The van der Waals surface area contributed by atoms with Crippen LogP contribution in [0.15, 0.2) is 0 Å². The summed E-state index contributed by atoms with van der Waals surface area (Å²) in [4.78, 5) is 0. The molecule has 116 valence electrons. The predicted octanol–water partition coefficient (Wildman–Crippen LogP) is 4.66. The summed E-state index contributed by atoms with van der Waals surface area (Å²) in [6, 6.07) is 0.0855.